The molecule has 0 fully saturated rings. The molecule has 0 radical (unpaired) electrons. The minimum absolute atomic E-state index is 0.700. The Bertz CT molecular complexity index is 595. The van der Waals surface area contributed by atoms with Crippen molar-refractivity contribution < 1.29 is 0 Å². The molecule has 21 heavy (non-hydrogen) atoms. The predicted molar refractivity (Wildman–Crippen MR) is 88.8 cm³/mol. The number of rotatable bonds is 6. The van der Waals surface area contributed by atoms with Crippen molar-refractivity contribution in [2.24, 2.45) is 0 Å². The maximum Gasteiger partial charge on any atom is 0.150 e. The molecule has 0 aliphatic heterocycles. The van der Waals surface area contributed by atoms with Crippen LogP contribution in [-0.4, -0.2) is 23.6 Å². The molecule has 0 amide bonds. The zero-order chi connectivity index (χ0) is 15.2. The largest absolute Gasteiger partial charge is 0.370 e. The Morgan fingerprint density at radius 1 is 1.14 bits per heavy atom. The van der Waals surface area contributed by atoms with Gasteiger partial charge in [-0.15, -0.1) is 0 Å². The highest BCUT2D eigenvalue weighted by Gasteiger charge is 2.07. The van der Waals surface area contributed by atoms with Gasteiger partial charge in [0.05, 0.1) is 6.54 Å². The van der Waals surface area contributed by atoms with Gasteiger partial charge in [0.2, 0.25) is 0 Å². The number of benzene rings is 1. The van der Waals surface area contributed by atoms with Crippen molar-refractivity contribution in [1.29, 1.82) is 0 Å². The SMILES string of the molecule is CCCNc1cc(C)nc(CN(C)c2cccc(C)c2)n1. The van der Waals surface area contributed by atoms with Gasteiger partial charge in [-0.05, 0) is 38.0 Å². The summed E-state index contributed by atoms with van der Waals surface area (Å²) in [5.74, 6) is 1.76. The number of hydrogen-bond acceptors (Lipinski definition) is 4. The van der Waals surface area contributed by atoms with Crippen molar-refractivity contribution in [3.8, 4) is 0 Å². The third kappa shape index (κ3) is 4.45. The number of hydrogen-bond donors (Lipinski definition) is 1. The average Bonchev–Trinajstić information content (AvgIpc) is 2.44. The zero-order valence-electron chi connectivity index (χ0n) is 13.3. The maximum absolute atomic E-state index is 4.60. The Hall–Kier alpha value is -2.10. The van der Waals surface area contributed by atoms with Gasteiger partial charge in [0.25, 0.3) is 0 Å². The summed E-state index contributed by atoms with van der Waals surface area (Å²) in [5, 5.41) is 3.33. The topological polar surface area (TPSA) is 41.1 Å². The van der Waals surface area contributed by atoms with E-state index in [-0.39, 0.29) is 0 Å². The minimum atomic E-state index is 0.700. The van der Waals surface area contributed by atoms with Crippen LogP contribution in [0.1, 0.15) is 30.4 Å². The summed E-state index contributed by atoms with van der Waals surface area (Å²) < 4.78 is 0. The first kappa shape index (κ1) is 15.3. The van der Waals surface area contributed by atoms with Crippen LogP contribution in [0.5, 0.6) is 0 Å². The van der Waals surface area contributed by atoms with E-state index in [9.17, 15) is 0 Å². The number of aromatic nitrogens is 2. The van der Waals surface area contributed by atoms with E-state index in [1.165, 1.54) is 11.3 Å². The molecule has 4 nitrogen and oxygen atoms in total. The van der Waals surface area contributed by atoms with Gasteiger partial charge in [-0.1, -0.05) is 19.1 Å². The molecule has 0 saturated heterocycles. The van der Waals surface area contributed by atoms with Gasteiger partial charge in [0.1, 0.15) is 11.6 Å². The zero-order valence-corrected chi connectivity index (χ0v) is 13.3. The fraction of sp³-hybridized carbons (Fsp3) is 0.412. The Labute approximate surface area is 127 Å². The van der Waals surface area contributed by atoms with Crippen LogP contribution >= 0.6 is 0 Å². The van der Waals surface area contributed by atoms with Crippen LogP contribution in [0.3, 0.4) is 0 Å². The Kier molecular flexibility index (Phi) is 5.14. The summed E-state index contributed by atoms with van der Waals surface area (Å²) in [4.78, 5) is 11.3. The summed E-state index contributed by atoms with van der Waals surface area (Å²) in [6.07, 6.45) is 1.08. The van der Waals surface area contributed by atoms with Gasteiger partial charge in [0.15, 0.2) is 0 Å². The molecule has 0 aliphatic rings. The highest BCUT2D eigenvalue weighted by molar-refractivity contribution is 5.48. The van der Waals surface area contributed by atoms with Gasteiger partial charge in [-0.25, -0.2) is 9.97 Å². The average molecular weight is 284 g/mol. The second-order valence-corrected chi connectivity index (χ2v) is 5.43. The molecule has 1 aromatic carbocycles. The molecule has 4 heteroatoms. The molecule has 0 saturated carbocycles. The molecule has 0 atom stereocenters. The normalized spacial score (nSPS) is 10.5. The van der Waals surface area contributed by atoms with Gasteiger partial charge < -0.3 is 10.2 Å². The van der Waals surface area contributed by atoms with E-state index < -0.39 is 0 Å². The number of aryl methyl sites for hydroxylation is 2. The lowest BCUT2D eigenvalue weighted by molar-refractivity contribution is 0.825. The first-order chi connectivity index (χ1) is 10.1. The van der Waals surface area contributed by atoms with E-state index in [2.05, 4.69) is 65.3 Å². The third-order valence-electron chi connectivity index (χ3n) is 3.28. The van der Waals surface area contributed by atoms with Gasteiger partial charge in [-0.3, -0.25) is 0 Å². The highest BCUT2D eigenvalue weighted by atomic mass is 15.1. The van der Waals surface area contributed by atoms with Crippen LogP contribution in [0.25, 0.3) is 0 Å². The molecule has 2 rings (SSSR count). The van der Waals surface area contributed by atoms with Crippen molar-refractivity contribution in [3.63, 3.8) is 0 Å². The lowest BCUT2D eigenvalue weighted by Crippen LogP contribution is -2.19. The Morgan fingerprint density at radius 3 is 2.67 bits per heavy atom. The molecule has 1 heterocycles. The minimum Gasteiger partial charge on any atom is -0.370 e. The van der Waals surface area contributed by atoms with Crippen LogP contribution in [0.4, 0.5) is 11.5 Å². The van der Waals surface area contributed by atoms with Crippen molar-refractivity contribution in [1.82, 2.24) is 9.97 Å². The predicted octanol–water partition coefficient (Wildman–Crippen LogP) is 3.55. The van der Waals surface area contributed by atoms with E-state index in [1.54, 1.807) is 0 Å². The van der Waals surface area contributed by atoms with Crippen molar-refractivity contribution in [2.45, 2.75) is 33.7 Å². The number of nitrogens with one attached hydrogen (secondary N) is 1. The molecule has 112 valence electrons. The lowest BCUT2D eigenvalue weighted by Gasteiger charge is -2.19. The summed E-state index contributed by atoms with van der Waals surface area (Å²) in [6, 6.07) is 10.5. The summed E-state index contributed by atoms with van der Waals surface area (Å²) in [6.45, 7) is 7.89. The van der Waals surface area contributed by atoms with E-state index in [4.69, 9.17) is 0 Å². The second-order valence-electron chi connectivity index (χ2n) is 5.43. The highest BCUT2D eigenvalue weighted by Crippen LogP contribution is 2.16. The summed E-state index contributed by atoms with van der Waals surface area (Å²) in [5.41, 5.74) is 3.44. The van der Waals surface area contributed by atoms with E-state index in [1.807, 2.05) is 13.0 Å². The monoisotopic (exact) mass is 284 g/mol. The number of anilines is 2. The molecular formula is C17H24N4. The third-order valence-corrected chi connectivity index (χ3v) is 3.28. The van der Waals surface area contributed by atoms with E-state index in [0.717, 1.165) is 30.3 Å². The molecule has 2 aromatic rings. The summed E-state index contributed by atoms with van der Waals surface area (Å²) >= 11 is 0. The van der Waals surface area contributed by atoms with Crippen molar-refractivity contribution in [3.05, 3.63) is 47.4 Å². The van der Waals surface area contributed by atoms with E-state index in [0.29, 0.717) is 6.54 Å². The summed E-state index contributed by atoms with van der Waals surface area (Å²) in [7, 11) is 2.07. The standard InChI is InChI=1S/C17H24N4/c1-5-9-18-16-11-14(3)19-17(20-16)12-21(4)15-8-6-7-13(2)10-15/h6-8,10-11H,5,9,12H2,1-4H3,(H,18,19,20). The molecule has 0 bridgehead atoms. The Balaban J connectivity index is 2.13. The van der Waals surface area contributed by atoms with Gasteiger partial charge >= 0.3 is 0 Å². The first-order valence-corrected chi connectivity index (χ1v) is 7.44. The molecule has 0 spiro atoms. The Morgan fingerprint density at radius 2 is 1.95 bits per heavy atom. The van der Waals surface area contributed by atoms with Gasteiger partial charge in [-0.2, -0.15) is 0 Å². The fourth-order valence-electron chi connectivity index (χ4n) is 2.21. The number of nitrogens with zero attached hydrogens (tertiary/aromatic N) is 3. The smallest absolute Gasteiger partial charge is 0.150 e. The molecule has 0 unspecified atom stereocenters. The van der Waals surface area contributed by atoms with Crippen LogP contribution in [0.15, 0.2) is 30.3 Å². The van der Waals surface area contributed by atoms with Crippen molar-refractivity contribution >= 4 is 11.5 Å². The molecule has 1 N–H and O–H groups in total. The lowest BCUT2D eigenvalue weighted by atomic mass is 10.2. The molecule has 0 aliphatic carbocycles. The van der Waals surface area contributed by atoms with Crippen LogP contribution in [-0.2, 0) is 6.54 Å². The maximum atomic E-state index is 4.60. The van der Waals surface area contributed by atoms with Gasteiger partial charge in [0, 0.05) is 31.0 Å². The second kappa shape index (κ2) is 7.07. The van der Waals surface area contributed by atoms with Crippen molar-refractivity contribution in [2.75, 3.05) is 23.8 Å². The quantitative estimate of drug-likeness (QED) is 0.880. The molecular weight excluding hydrogens is 260 g/mol. The van der Waals surface area contributed by atoms with Crippen LogP contribution in [0, 0.1) is 13.8 Å². The first-order valence-electron chi connectivity index (χ1n) is 7.44. The fourth-order valence-corrected chi connectivity index (χ4v) is 2.21. The van der Waals surface area contributed by atoms with Crippen LogP contribution in [0.2, 0.25) is 0 Å². The molecule has 1 aromatic heterocycles. The van der Waals surface area contributed by atoms with E-state index >= 15 is 0 Å². The van der Waals surface area contributed by atoms with Crippen LogP contribution < -0.4 is 10.2 Å².